The van der Waals surface area contributed by atoms with Crippen molar-refractivity contribution in [1.29, 1.82) is 0 Å². The normalized spacial score (nSPS) is 14.7. The molecule has 0 spiro atoms. The number of carbonyl (C=O) groups excluding carboxylic acids is 1. The van der Waals surface area contributed by atoms with Crippen LogP contribution in [0.2, 0.25) is 0 Å². The van der Waals surface area contributed by atoms with Crippen molar-refractivity contribution in [2.75, 3.05) is 23.3 Å². The monoisotopic (exact) mass is 401 g/mol. The quantitative estimate of drug-likeness (QED) is 0.705. The van der Waals surface area contributed by atoms with Crippen LogP contribution in [0.25, 0.3) is 10.2 Å². The van der Waals surface area contributed by atoms with Crippen LogP contribution in [0.3, 0.4) is 0 Å². The number of rotatable bonds is 3. The average Bonchev–Trinajstić information content (AvgIpc) is 2.92. The van der Waals surface area contributed by atoms with E-state index in [2.05, 4.69) is 37.2 Å². The maximum absolute atomic E-state index is 12.4. The van der Waals surface area contributed by atoms with E-state index in [1.54, 1.807) is 11.3 Å². The van der Waals surface area contributed by atoms with Gasteiger partial charge in [0.25, 0.3) is 0 Å². The lowest BCUT2D eigenvalue weighted by Gasteiger charge is -2.38. The van der Waals surface area contributed by atoms with Crippen molar-refractivity contribution in [2.24, 2.45) is 5.92 Å². The van der Waals surface area contributed by atoms with Crippen LogP contribution in [0, 0.1) is 12.8 Å². The molecule has 1 aliphatic rings. The van der Waals surface area contributed by atoms with Crippen LogP contribution in [-0.4, -0.2) is 24.0 Å². The Balaban J connectivity index is 1.40. The van der Waals surface area contributed by atoms with E-state index in [0.717, 1.165) is 39.5 Å². The van der Waals surface area contributed by atoms with Crippen molar-refractivity contribution < 1.29 is 4.79 Å². The predicted octanol–water partition coefficient (Wildman–Crippen LogP) is 4.44. The molecule has 0 bridgehead atoms. The zero-order chi connectivity index (χ0) is 16.7. The van der Waals surface area contributed by atoms with E-state index in [-0.39, 0.29) is 11.8 Å². The van der Waals surface area contributed by atoms with Gasteiger partial charge in [-0.1, -0.05) is 39.4 Å². The largest absolute Gasteiger partial charge is 0.346 e. The van der Waals surface area contributed by atoms with Gasteiger partial charge in [-0.3, -0.25) is 4.79 Å². The van der Waals surface area contributed by atoms with Crippen LogP contribution in [0.5, 0.6) is 0 Å². The second-order valence-electron chi connectivity index (χ2n) is 6.01. The fourth-order valence-corrected chi connectivity index (χ4v) is 4.26. The zero-order valence-corrected chi connectivity index (χ0v) is 15.5. The van der Waals surface area contributed by atoms with Crippen LogP contribution in [0.1, 0.15) is 5.56 Å². The van der Waals surface area contributed by atoms with Crippen molar-refractivity contribution >= 4 is 54.2 Å². The van der Waals surface area contributed by atoms with Crippen LogP contribution in [0.4, 0.5) is 10.8 Å². The van der Waals surface area contributed by atoms with E-state index in [1.807, 2.05) is 43.3 Å². The summed E-state index contributed by atoms with van der Waals surface area (Å²) in [6.07, 6.45) is 0. The summed E-state index contributed by atoms with van der Waals surface area (Å²) in [4.78, 5) is 19.2. The number of hydrogen-bond donors (Lipinski definition) is 1. The topological polar surface area (TPSA) is 45.2 Å². The molecule has 1 saturated heterocycles. The number of nitrogens with zero attached hydrogens (tertiary/aromatic N) is 2. The van der Waals surface area contributed by atoms with Crippen LogP contribution in [-0.2, 0) is 4.79 Å². The number of benzene rings is 2. The molecular weight excluding hydrogens is 386 g/mol. The number of para-hydroxylation sites is 1. The summed E-state index contributed by atoms with van der Waals surface area (Å²) >= 11 is 5.12. The van der Waals surface area contributed by atoms with Gasteiger partial charge in [-0.15, -0.1) is 0 Å². The molecule has 3 aromatic rings. The molecule has 4 nitrogen and oxygen atoms in total. The van der Waals surface area contributed by atoms with E-state index >= 15 is 0 Å². The SMILES string of the molecule is Cc1cc(Br)ccc1NC(=O)C1CN(c2nc3ccccc3s2)C1. The lowest BCUT2D eigenvalue weighted by atomic mass is 10.00. The van der Waals surface area contributed by atoms with Gasteiger partial charge in [0.2, 0.25) is 5.91 Å². The number of carbonyl (C=O) groups is 1. The van der Waals surface area contributed by atoms with Crippen LogP contribution >= 0.6 is 27.3 Å². The molecule has 2 heterocycles. The highest BCUT2D eigenvalue weighted by atomic mass is 79.9. The van der Waals surface area contributed by atoms with Gasteiger partial charge in [-0.25, -0.2) is 4.98 Å². The summed E-state index contributed by atoms with van der Waals surface area (Å²) in [6, 6.07) is 14.0. The van der Waals surface area contributed by atoms with Crippen LogP contribution in [0.15, 0.2) is 46.9 Å². The Labute approximate surface area is 152 Å². The molecule has 0 radical (unpaired) electrons. The Morgan fingerprint density at radius 2 is 2.08 bits per heavy atom. The van der Waals surface area contributed by atoms with Gasteiger partial charge in [0.1, 0.15) is 0 Å². The third-order valence-corrected chi connectivity index (χ3v) is 5.84. The molecule has 1 N–H and O–H groups in total. The van der Waals surface area contributed by atoms with Gasteiger partial charge in [0.15, 0.2) is 5.13 Å². The zero-order valence-electron chi connectivity index (χ0n) is 13.1. The smallest absolute Gasteiger partial charge is 0.231 e. The number of amides is 1. The molecule has 1 amide bonds. The maximum atomic E-state index is 12.4. The minimum atomic E-state index is 0.0139. The third-order valence-electron chi connectivity index (χ3n) is 4.25. The molecule has 1 fully saturated rings. The molecule has 0 unspecified atom stereocenters. The fraction of sp³-hybridized carbons (Fsp3) is 0.222. The second-order valence-corrected chi connectivity index (χ2v) is 7.94. The van der Waals surface area contributed by atoms with Gasteiger partial charge >= 0.3 is 0 Å². The van der Waals surface area contributed by atoms with Crippen molar-refractivity contribution in [1.82, 2.24) is 4.98 Å². The van der Waals surface area contributed by atoms with Crippen LogP contribution < -0.4 is 10.2 Å². The molecule has 0 saturated carbocycles. The van der Waals surface area contributed by atoms with E-state index in [4.69, 9.17) is 0 Å². The Kier molecular flexibility index (Phi) is 4.02. The molecule has 2 aromatic carbocycles. The first kappa shape index (κ1) is 15.6. The first-order valence-corrected chi connectivity index (χ1v) is 9.38. The van der Waals surface area contributed by atoms with Gasteiger partial charge in [-0.05, 0) is 42.8 Å². The van der Waals surface area contributed by atoms with Gasteiger partial charge in [0.05, 0.1) is 16.1 Å². The summed E-state index contributed by atoms with van der Waals surface area (Å²) in [6.45, 7) is 3.44. The average molecular weight is 402 g/mol. The highest BCUT2D eigenvalue weighted by Crippen LogP contribution is 2.33. The molecule has 1 aromatic heterocycles. The minimum absolute atomic E-state index is 0.0139. The van der Waals surface area contributed by atoms with Crippen molar-refractivity contribution in [3.8, 4) is 0 Å². The molecule has 4 rings (SSSR count). The molecule has 0 atom stereocenters. The molecule has 6 heteroatoms. The summed E-state index contributed by atoms with van der Waals surface area (Å²) in [5.41, 5.74) is 2.96. The fourth-order valence-electron chi connectivity index (χ4n) is 2.80. The van der Waals surface area contributed by atoms with E-state index in [0.29, 0.717) is 0 Å². The molecule has 24 heavy (non-hydrogen) atoms. The predicted molar refractivity (Wildman–Crippen MR) is 103 cm³/mol. The van der Waals surface area contributed by atoms with Crippen molar-refractivity contribution in [2.45, 2.75) is 6.92 Å². The number of halogens is 1. The molecule has 1 aliphatic heterocycles. The molecule has 122 valence electrons. The van der Waals surface area contributed by atoms with Crippen molar-refractivity contribution in [3.05, 3.63) is 52.5 Å². The van der Waals surface area contributed by atoms with E-state index in [9.17, 15) is 4.79 Å². The number of nitrogens with one attached hydrogen (secondary N) is 1. The highest BCUT2D eigenvalue weighted by Gasteiger charge is 2.34. The number of hydrogen-bond acceptors (Lipinski definition) is 4. The summed E-state index contributed by atoms with van der Waals surface area (Å²) in [5, 5.41) is 4.03. The number of aryl methyl sites for hydroxylation is 1. The Morgan fingerprint density at radius 3 is 2.83 bits per heavy atom. The third kappa shape index (κ3) is 2.91. The minimum Gasteiger partial charge on any atom is -0.346 e. The second kappa shape index (κ2) is 6.18. The number of aromatic nitrogens is 1. The Morgan fingerprint density at radius 1 is 1.29 bits per heavy atom. The maximum Gasteiger partial charge on any atom is 0.231 e. The number of anilines is 2. The summed E-state index contributed by atoms with van der Waals surface area (Å²) in [5.74, 6) is 0.0952. The first-order valence-electron chi connectivity index (χ1n) is 7.78. The van der Waals surface area contributed by atoms with Gasteiger partial charge in [0, 0.05) is 23.2 Å². The standard InChI is InChI=1S/C18H16BrN3OS/c1-11-8-13(19)6-7-14(11)20-17(23)12-9-22(10-12)18-21-15-4-2-3-5-16(15)24-18/h2-8,12H,9-10H2,1H3,(H,20,23). The van der Waals surface area contributed by atoms with E-state index in [1.165, 1.54) is 4.70 Å². The van der Waals surface area contributed by atoms with Crippen molar-refractivity contribution in [3.63, 3.8) is 0 Å². The van der Waals surface area contributed by atoms with Gasteiger partial charge < -0.3 is 10.2 Å². The Bertz CT molecular complexity index is 885. The molecule has 0 aliphatic carbocycles. The lowest BCUT2D eigenvalue weighted by Crippen LogP contribution is -2.52. The first-order chi connectivity index (χ1) is 11.6. The van der Waals surface area contributed by atoms with E-state index < -0.39 is 0 Å². The Hall–Kier alpha value is -1.92. The number of fused-ring (bicyclic) bond motifs is 1. The summed E-state index contributed by atoms with van der Waals surface area (Å²) < 4.78 is 2.20. The summed E-state index contributed by atoms with van der Waals surface area (Å²) in [7, 11) is 0. The lowest BCUT2D eigenvalue weighted by molar-refractivity contribution is -0.120. The number of thiazole rings is 1. The highest BCUT2D eigenvalue weighted by molar-refractivity contribution is 9.10. The van der Waals surface area contributed by atoms with Gasteiger partial charge in [-0.2, -0.15) is 0 Å². The molecular formula is C18H16BrN3OS.